The molecule has 0 saturated heterocycles. The summed E-state index contributed by atoms with van der Waals surface area (Å²) >= 11 is -3.08. The second-order valence-corrected chi connectivity index (χ2v) is 24.4. The summed E-state index contributed by atoms with van der Waals surface area (Å²) in [5.74, 6) is 0. The number of hydrogen-bond acceptors (Lipinski definition) is 0. The maximum absolute atomic E-state index is 3.08. The van der Waals surface area contributed by atoms with Crippen LogP contribution >= 0.6 is 24.8 Å². The van der Waals surface area contributed by atoms with Gasteiger partial charge in [-0.3, -0.25) is 0 Å². The van der Waals surface area contributed by atoms with Crippen molar-refractivity contribution in [3.63, 3.8) is 0 Å². The van der Waals surface area contributed by atoms with Crippen molar-refractivity contribution in [2.24, 2.45) is 5.41 Å². The van der Waals surface area contributed by atoms with Crippen LogP contribution in [0.15, 0.2) is 112 Å². The zero-order chi connectivity index (χ0) is 31.4. The summed E-state index contributed by atoms with van der Waals surface area (Å²) in [5.41, 5.74) is 13.6. The van der Waals surface area contributed by atoms with Gasteiger partial charge in [-0.05, 0) is 0 Å². The molecular weight excluding hydrogens is 766 g/mol. The molecule has 3 heteroatoms. The zero-order valence-electron chi connectivity index (χ0n) is 29.0. The van der Waals surface area contributed by atoms with Crippen LogP contribution in [0.4, 0.5) is 0 Å². The molecule has 0 spiro atoms. The Labute approximate surface area is 298 Å². The minimum atomic E-state index is -3.08. The first kappa shape index (κ1) is 36.5. The quantitative estimate of drug-likeness (QED) is 0.159. The summed E-state index contributed by atoms with van der Waals surface area (Å²) in [7, 11) is 0. The van der Waals surface area contributed by atoms with Crippen molar-refractivity contribution in [2.45, 2.75) is 86.0 Å². The minimum absolute atomic E-state index is 0. The number of hydrogen-bond donors (Lipinski definition) is 0. The first-order chi connectivity index (χ1) is 20.7. The van der Waals surface area contributed by atoms with Crippen LogP contribution in [0, 0.1) is 5.41 Å². The Hall–Kier alpha value is -2.32. The molecule has 0 atom stereocenters. The van der Waals surface area contributed by atoms with E-state index < -0.39 is 21.0 Å². The fourth-order valence-corrected chi connectivity index (χ4v) is 20.1. The van der Waals surface area contributed by atoms with Gasteiger partial charge in [-0.25, -0.2) is 0 Å². The predicted octanol–water partition coefficient (Wildman–Crippen LogP) is 11.5. The fraction of sp³-hybridized carbons (Fsp3) is 0.326. The van der Waals surface area contributed by atoms with E-state index in [-0.39, 0.29) is 41.1 Å². The Kier molecular flexibility index (Phi) is 10.8. The van der Waals surface area contributed by atoms with Crippen LogP contribution in [0.25, 0.3) is 11.1 Å². The van der Waals surface area contributed by atoms with E-state index in [1.807, 2.05) is 0 Å². The van der Waals surface area contributed by atoms with Crippen LogP contribution < -0.4 is 3.32 Å². The van der Waals surface area contributed by atoms with Crippen molar-refractivity contribution in [1.29, 1.82) is 0 Å². The third-order valence-electron chi connectivity index (χ3n) is 9.43. The van der Waals surface area contributed by atoms with Gasteiger partial charge in [0.25, 0.3) is 0 Å². The molecule has 0 heterocycles. The van der Waals surface area contributed by atoms with Crippen LogP contribution in [-0.2, 0) is 38.2 Å². The Morgan fingerprint density at radius 2 is 1.17 bits per heavy atom. The molecule has 0 aliphatic heterocycles. The molecule has 0 unspecified atom stereocenters. The number of fused-ring (bicyclic) bond motifs is 3. The molecule has 0 nitrogen and oxygen atoms in total. The van der Waals surface area contributed by atoms with Gasteiger partial charge in [0.1, 0.15) is 0 Å². The largest absolute Gasteiger partial charge is 0.147 e. The van der Waals surface area contributed by atoms with Gasteiger partial charge in [-0.2, -0.15) is 0 Å². The molecule has 2 aliphatic carbocycles. The number of halogens is 2. The predicted molar refractivity (Wildman–Crippen MR) is 203 cm³/mol. The minimum Gasteiger partial charge on any atom is -0.147 e. The van der Waals surface area contributed by atoms with Crippen LogP contribution in [0.1, 0.15) is 102 Å². The fourth-order valence-electron chi connectivity index (χ4n) is 6.99. The summed E-state index contributed by atoms with van der Waals surface area (Å²) < 4.78 is 5.06. The Bertz CT molecular complexity index is 1780. The van der Waals surface area contributed by atoms with Gasteiger partial charge in [0.05, 0.1) is 0 Å². The van der Waals surface area contributed by atoms with E-state index in [9.17, 15) is 0 Å². The third-order valence-corrected chi connectivity index (χ3v) is 20.7. The maximum Gasteiger partial charge on any atom is -0.147 e. The Morgan fingerprint density at radius 1 is 0.609 bits per heavy atom. The first-order valence-corrected chi connectivity index (χ1v) is 21.7. The average molecular weight is 816 g/mol. The van der Waals surface area contributed by atoms with Gasteiger partial charge < -0.3 is 0 Å². The van der Waals surface area contributed by atoms with Crippen molar-refractivity contribution >= 4 is 31.4 Å². The second-order valence-electron chi connectivity index (χ2n) is 15.8. The van der Waals surface area contributed by atoms with E-state index >= 15 is 0 Å². The Morgan fingerprint density at radius 3 is 1.67 bits per heavy atom. The van der Waals surface area contributed by atoms with Gasteiger partial charge in [0.2, 0.25) is 0 Å². The van der Waals surface area contributed by atoms with Gasteiger partial charge in [-0.15, -0.1) is 24.8 Å². The average Bonchev–Trinajstić information content (AvgIpc) is 3.61. The molecule has 0 aromatic heterocycles. The van der Waals surface area contributed by atoms with Crippen LogP contribution in [-0.4, -0.2) is 3.26 Å². The standard InChI is InChI=1S/C21H25.C13H10.C9H13.2ClH.Hf/c1-20(2,3)16-7-9-18-14(12-16)11-15-13-17(21(4,5)6)8-10-19(15)18;1-3-7-12(8-4-1)11-13-9-5-2-6-10-13;1-9(2,3)8-6-4-5-7-8;;;/h7-10,12H,11H2,1-6H3;1-10H;6-7H,4H2,1-3H3;2*1H;. The van der Waals surface area contributed by atoms with Crippen LogP contribution in [0.3, 0.4) is 0 Å². The summed E-state index contributed by atoms with van der Waals surface area (Å²) in [4.78, 5) is 0. The Balaban J connectivity index is 0.00000240. The molecule has 6 rings (SSSR count). The van der Waals surface area contributed by atoms with E-state index in [0.29, 0.717) is 0 Å². The monoisotopic (exact) mass is 816 g/mol. The molecule has 4 aromatic rings. The topological polar surface area (TPSA) is 0 Å². The van der Waals surface area contributed by atoms with E-state index in [0.717, 1.165) is 12.8 Å². The van der Waals surface area contributed by atoms with Crippen LogP contribution in [0.5, 0.6) is 0 Å². The summed E-state index contributed by atoms with van der Waals surface area (Å²) in [6.07, 6.45) is 7.29. The van der Waals surface area contributed by atoms with E-state index in [1.54, 1.807) is 21.0 Å². The van der Waals surface area contributed by atoms with E-state index in [1.165, 1.54) is 39.0 Å². The summed E-state index contributed by atoms with van der Waals surface area (Å²) in [5, 5.41) is 0. The van der Waals surface area contributed by atoms with Gasteiger partial charge in [0, 0.05) is 0 Å². The van der Waals surface area contributed by atoms with Gasteiger partial charge in [-0.1, -0.05) is 0 Å². The van der Waals surface area contributed by atoms with E-state index in [2.05, 4.69) is 165 Å². The normalized spacial score (nSPS) is 13.9. The molecule has 2 aliphatic rings. The molecule has 240 valence electrons. The molecule has 0 radical (unpaired) electrons. The molecule has 0 amide bonds. The SMILES string of the molecule is CC(C)(C)C1=CC[C]([Hf](=[C](c2ccccc2)c2ccccc2)[c]2c(C(C)(C)C)ccc3c2Cc2cc(C(C)(C)C)ccc2-3)=C1.Cl.Cl. The molecule has 0 bridgehead atoms. The van der Waals surface area contributed by atoms with Gasteiger partial charge >= 0.3 is 275 Å². The number of allylic oxidation sites excluding steroid dienone is 4. The van der Waals surface area contributed by atoms with Crippen molar-refractivity contribution < 1.29 is 21.0 Å². The zero-order valence-corrected chi connectivity index (χ0v) is 34.3. The van der Waals surface area contributed by atoms with Crippen LogP contribution in [0.2, 0.25) is 0 Å². The van der Waals surface area contributed by atoms with Gasteiger partial charge in [0.15, 0.2) is 0 Å². The molecule has 4 aromatic carbocycles. The smallest absolute Gasteiger partial charge is 0.147 e. The van der Waals surface area contributed by atoms with Crippen molar-refractivity contribution in [1.82, 2.24) is 0 Å². The molecule has 0 fully saturated rings. The molecule has 46 heavy (non-hydrogen) atoms. The van der Waals surface area contributed by atoms with Crippen molar-refractivity contribution in [3.8, 4) is 11.1 Å². The second kappa shape index (κ2) is 13.7. The summed E-state index contributed by atoms with van der Waals surface area (Å²) in [6.45, 7) is 21.4. The molecule has 0 saturated carbocycles. The first-order valence-electron chi connectivity index (χ1n) is 16.3. The summed E-state index contributed by atoms with van der Waals surface area (Å²) in [6, 6.07) is 35.0. The molecule has 0 N–H and O–H groups in total. The molecular formula is C43H50Cl2Hf. The third kappa shape index (κ3) is 7.08. The van der Waals surface area contributed by atoms with E-state index in [4.69, 9.17) is 0 Å². The maximum atomic E-state index is 2.64. The van der Waals surface area contributed by atoms with Crippen molar-refractivity contribution in [2.75, 3.05) is 0 Å². The number of rotatable bonds is 4. The number of benzene rings is 4. The van der Waals surface area contributed by atoms with Crippen molar-refractivity contribution in [3.05, 3.63) is 145 Å².